The molecule has 3 saturated heterocycles. The second-order valence-electron chi connectivity index (χ2n) is 17.8. The summed E-state index contributed by atoms with van der Waals surface area (Å²) in [5, 5.41) is 7.45. The van der Waals surface area contributed by atoms with E-state index in [-0.39, 0.29) is 11.9 Å². The first kappa shape index (κ1) is 38.2. The Morgan fingerprint density at radius 1 is 0.845 bits per heavy atom. The lowest BCUT2D eigenvalue weighted by molar-refractivity contribution is -0.129. The fraction of sp³-hybridized carbons (Fsp3) is 0.468. The number of hydrogen-bond acceptors (Lipinski definition) is 9. The van der Waals surface area contributed by atoms with E-state index in [1.54, 1.807) is 6.92 Å². The Kier molecular flexibility index (Phi) is 10.2. The summed E-state index contributed by atoms with van der Waals surface area (Å²) in [4.78, 5) is 41.7. The highest BCUT2D eigenvalue weighted by Crippen LogP contribution is 2.43. The molecule has 0 aliphatic carbocycles. The minimum Gasteiger partial charge on any atom is -0.456 e. The predicted molar refractivity (Wildman–Crippen MR) is 227 cm³/mol. The van der Waals surface area contributed by atoms with Gasteiger partial charge in [0.25, 0.3) is 0 Å². The normalized spacial score (nSPS) is 18.7. The van der Waals surface area contributed by atoms with Crippen LogP contribution in [0, 0.1) is 5.41 Å². The molecule has 4 aliphatic rings. The molecular weight excluding hydrogens is 727 g/mol. The van der Waals surface area contributed by atoms with E-state index >= 15 is 0 Å². The largest absolute Gasteiger partial charge is 0.456 e. The number of carbonyl (C=O) groups excluding carboxylic acids is 2. The number of anilines is 2. The van der Waals surface area contributed by atoms with Crippen LogP contribution >= 0.6 is 0 Å². The SMILES string of the molecule is CC(=O)N1CCc2c(c(-c3cccc4cc(-c5ccc(N6CCC7(CCN(c8ccc(C(=O)OC(C)(C)C)cc8)CC7)CC6)nc5)ncc34)nn2C2CCOCC2)C1. The molecule has 4 aliphatic heterocycles. The van der Waals surface area contributed by atoms with Crippen molar-refractivity contribution in [2.45, 2.75) is 90.8 Å². The van der Waals surface area contributed by atoms with Gasteiger partial charge >= 0.3 is 5.97 Å². The number of aromatic nitrogens is 4. The maximum Gasteiger partial charge on any atom is 0.338 e. The molecule has 1 spiro atoms. The molecule has 0 bridgehead atoms. The molecule has 0 atom stereocenters. The summed E-state index contributed by atoms with van der Waals surface area (Å²) in [5.41, 5.74) is 7.94. The van der Waals surface area contributed by atoms with Crippen LogP contribution in [0.5, 0.6) is 0 Å². The zero-order chi connectivity index (χ0) is 40.0. The highest BCUT2D eigenvalue weighted by atomic mass is 16.6. The summed E-state index contributed by atoms with van der Waals surface area (Å²) < 4.78 is 13.5. The van der Waals surface area contributed by atoms with Crippen molar-refractivity contribution >= 4 is 34.2 Å². The third-order valence-electron chi connectivity index (χ3n) is 13.0. The molecule has 11 heteroatoms. The van der Waals surface area contributed by atoms with Gasteiger partial charge in [-0.3, -0.25) is 14.5 Å². The maximum atomic E-state index is 12.5. The number of benzene rings is 2. The number of amides is 1. The minimum absolute atomic E-state index is 0.0996. The van der Waals surface area contributed by atoms with E-state index in [9.17, 15) is 9.59 Å². The lowest BCUT2D eigenvalue weighted by Crippen LogP contribution is -2.47. The van der Waals surface area contributed by atoms with Crippen LogP contribution in [0.4, 0.5) is 11.5 Å². The first-order valence-electron chi connectivity index (χ1n) is 21.1. The van der Waals surface area contributed by atoms with Crippen LogP contribution in [-0.4, -0.2) is 88.1 Å². The molecule has 302 valence electrons. The van der Waals surface area contributed by atoms with Crippen LogP contribution in [0.25, 0.3) is 33.3 Å². The van der Waals surface area contributed by atoms with E-state index in [1.165, 1.54) is 37.1 Å². The molecule has 3 fully saturated rings. The summed E-state index contributed by atoms with van der Waals surface area (Å²) in [6, 6.07) is 21.0. The Labute approximate surface area is 341 Å². The topological polar surface area (TPSA) is 106 Å². The van der Waals surface area contributed by atoms with Gasteiger partial charge in [-0.2, -0.15) is 5.10 Å². The van der Waals surface area contributed by atoms with E-state index in [4.69, 9.17) is 24.5 Å². The zero-order valence-electron chi connectivity index (χ0n) is 34.4. The second kappa shape index (κ2) is 15.5. The lowest BCUT2D eigenvalue weighted by Gasteiger charge is -2.47. The number of piperidine rings is 2. The highest BCUT2D eigenvalue weighted by Gasteiger charge is 2.38. The van der Waals surface area contributed by atoms with Crippen molar-refractivity contribution in [1.29, 1.82) is 0 Å². The maximum absolute atomic E-state index is 12.5. The van der Waals surface area contributed by atoms with Crippen LogP contribution in [0.15, 0.2) is 73.1 Å². The fourth-order valence-electron chi connectivity index (χ4n) is 9.52. The molecule has 0 unspecified atom stereocenters. The third-order valence-corrected chi connectivity index (χ3v) is 13.0. The molecule has 3 aromatic heterocycles. The standard InChI is InChI=1S/C47H55N7O4/c1-32(55)53-21-14-42-40(31-53)44(50-54(42)37-15-26-57-27-16-37)38-7-5-6-34-28-41(48-30-39(34)38)35-10-13-43(49-29-35)52-24-19-47(20-25-52)17-22-51(23-18-47)36-11-8-33(9-12-36)45(56)58-46(2,3)4/h5-13,28-30,37H,14-27,31H2,1-4H3. The van der Waals surface area contributed by atoms with Crippen molar-refractivity contribution in [2.75, 3.05) is 55.7 Å². The number of nitrogens with zero attached hydrogens (tertiary/aromatic N) is 7. The van der Waals surface area contributed by atoms with Gasteiger partial charge in [-0.05, 0) is 113 Å². The summed E-state index contributed by atoms with van der Waals surface area (Å²) in [5.74, 6) is 0.845. The van der Waals surface area contributed by atoms with Crippen LogP contribution in [-0.2, 0) is 27.2 Å². The molecular formula is C47H55N7O4. The van der Waals surface area contributed by atoms with Gasteiger partial charge in [0.05, 0.1) is 23.0 Å². The quantitative estimate of drug-likeness (QED) is 0.158. The van der Waals surface area contributed by atoms with Crippen molar-refractivity contribution in [1.82, 2.24) is 24.6 Å². The molecule has 5 aromatic rings. The lowest BCUT2D eigenvalue weighted by atomic mass is 9.71. The second-order valence-corrected chi connectivity index (χ2v) is 17.8. The Morgan fingerprint density at radius 3 is 2.24 bits per heavy atom. The first-order valence-corrected chi connectivity index (χ1v) is 21.1. The predicted octanol–water partition coefficient (Wildman–Crippen LogP) is 8.26. The molecule has 0 saturated carbocycles. The van der Waals surface area contributed by atoms with Gasteiger partial charge in [0.1, 0.15) is 11.4 Å². The molecule has 7 heterocycles. The van der Waals surface area contributed by atoms with Crippen molar-refractivity contribution in [2.24, 2.45) is 5.41 Å². The Bertz CT molecular complexity index is 2290. The van der Waals surface area contributed by atoms with Gasteiger partial charge in [0.15, 0.2) is 0 Å². The van der Waals surface area contributed by atoms with Crippen LogP contribution in [0.2, 0.25) is 0 Å². The zero-order valence-corrected chi connectivity index (χ0v) is 34.4. The number of rotatable bonds is 6. The molecule has 9 rings (SSSR count). The minimum atomic E-state index is -0.504. The smallest absolute Gasteiger partial charge is 0.338 e. The van der Waals surface area contributed by atoms with E-state index in [2.05, 4.69) is 63.0 Å². The van der Waals surface area contributed by atoms with Gasteiger partial charge in [-0.15, -0.1) is 0 Å². The average molecular weight is 782 g/mol. The fourth-order valence-corrected chi connectivity index (χ4v) is 9.52. The average Bonchev–Trinajstić information content (AvgIpc) is 3.62. The number of esters is 1. The number of fused-ring (bicyclic) bond motifs is 2. The van der Waals surface area contributed by atoms with Crippen molar-refractivity contribution < 1.29 is 19.1 Å². The van der Waals surface area contributed by atoms with E-state index in [0.29, 0.717) is 23.6 Å². The van der Waals surface area contributed by atoms with Gasteiger partial charge in [0, 0.05) is 112 Å². The number of pyridine rings is 2. The highest BCUT2D eigenvalue weighted by molar-refractivity contribution is 5.97. The molecule has 2 aromatic carbocycles. The summed E-state index contributed by atoms with van der Waals surface area (Å²) in [6.07, 6.45) is 11.3. The molecule has 11 nitrogen and oxygen atoms in total. The Morgan fingerprint density at radius 2 is 1.57 bits per heavy atom. The van der Waals surface area contributed by atoms with Gasteiger partial charge in [0.2, 0.25) is 5.91 Å². The van der Waals surface area contributed by atoms with Crippen molar-refractivity contribution in [3.8, 4) is 22.5 Å². The summed E-state index contributed by atoms with van der Waals surface area (Å²) in [7, 11) is 0. The monoisotopic (exact) mass is 781 g/mol. The van der Waals surface area contributed by atoms with Crippen LogP contribution < -0.4 is 9.80 Å². The molecule has 1 amide bonds. The van der Waals surface area contributed by atoms with E-state index in [0.717, 1.165) is 110 Å². The third kappa shape index (κ3) is 7.68. The molecule has 0 radical (unpaired) electrons. The first-order chi connectivity index (χ1) is 28.0. The summed E-state index contributed by atoms with van der Waals surface area (Å²) >= 11 is 0. The number of ether oxygens (including phenoxy) is 2. The van der Waals surface area contributed by atoms with Crippen molar-refractivity contribution in [3.63, 3.8) is 0 Å². The van der Waals surface area contributed by atoms with Gasteiger partial charge < -0.3 is 24.2 Å². The van der Waals surface area contributed by atoms with E-state index in [1.807, 2.05) is 50.2 Å². The molecule has 0 N–H and O–H groups in total. The summed E-state index contributed by atoms with van der Waals surface area (Å²) in [6.45, 7) is 14.2. The van der Waals surface area contributed by atoms with Crippen LogP contribution in [0.3, 0.4) is 0 Å². The Hall–Kier alpha value is -5.29. The Balaban J connectivity index is 0.856. The van der Waals surface area contributed by atoms with E-state index < -0.39 is 5.60 Å². The van der Waals surface area contributed by atoms with Gasteiger partial charge in [-0.25, -0.2) is 9.78 Å². The van der Waals surface area contributed by atoms with Gasteiger partial charge in [-0.1, -0.05) is 18.2 Å². The molecule has 58 heavy (non-hydrogen) atoms. The van der Waals surface area contributed by atoms with Crippen LogP contribution in [0.1, 0.15) is 93.9 Å². The number of carbonyl (C=O) groups is 2. The number of hydrogen-bond donors (Lipinski definition) is 0. The van der Waals surface area contributed by atoms with Crippen molar-refractivity contribution in [3.05, 3.63) is 89.9 Å².